The van der Waals surface area contributed by atoms with E-state index in [0.717, 1.165) is 44.4 Å². The summed E-state index contributed by atoms with van der Waals surface area (Å²) in [5.41, 5.74) is 3.97. The van der Waals surface area contributed by atoms with Gasteiger partial charge in [-0.3, -0.25) is 0 Å². The van der Waals surface area contributed by atoms with Gasteiger partial charge in [0.05, 0.1) is 19.8 Å². The first-order chi connectivity index (χ1) is 10.6. The number of nitrogens with zero attached hydrogens (tertiary/aromatic N) is 3. The molecule has 2 heterocycles. The average Bonchev–Trinajstić information content (AvgIpc) is 2.74. The number of ether oxygens (including phenoxy) is 1. The van der Waals surface area contributed by atoms with Crippen molar-refractivity contribution in [3.8, 4) is 0 Å². The van der Waals surface area contributed by atoms with Gasteiger partial charge >= 0.3 is 0 Å². The van der Waals surface area contributed by atoms with Gasteiger partial charge in [-0.05, 0) is 37.5 Å². The fourth-order valence-corrected chi connectivity index (χ4v) is 2.76. The maximum Gasteiger partial charge on any atom is 0.147 e. The van der Waals surface area contributed by atoms with Gasteiger partial charge in [-0.1, -0.05) is 18.2 Å². The molecule has 1 aliphatic rings. The van der Waals surface area contributed by atoms with Gasteiger partial charge < -0.3 is 14.6 Å². The summed E-state index contributed by atoms with van der Waals surface area (Å²) in [6.07, 6.45) is 0.847. The molecule has 0 amide bonds. The minimum absolute atomic E-state index is 0.286. The summed E-state index contributed by atoms with van der Waals surface area (Å²) >= 11 is 0. The first-order valence-electron chi connectivity index (χ1n) is 7.94. The van der Waals surface area contributed by atoms with E-state index in [9.17, 15) is 0 Å². The second kappa shape index (κ2) is 6.58. The lowest BCUT2D eigenvalue weighted by atomic mass is 10.0. The topological polar surface area (TPSA) is 52.0 Å². The van der Waals surface area contributed by atoms with E-state index in [2.05, 4.69) is 59.1 Å². The van der Waals surface area contributed by atoms with Crippen LogP contribution in [0.2, 0.25) is 0 Å². The van der Waals surface area contributed by atoms with Gasteiger partial charge in [-0.15, -0.1) is 10.2 Å². The Kier molecular flexibility index (Phi) is 4.55. The third-order valence-electron chi connectivity index (χ3n) is 4.43. The standard InChI is InChI=1S/C17H24N4O/c1-12-4-5-15(10-13(12)2)14(3)18-11-17-20-19-16-6-8-22-9-7-21(16)17/h4-5,10,14,18H,6-9,11H2,1-3H3. The Morgan fingerprint density at radius 1 is 1.23 bits per heavy atom. The fraction of sp³-hybridized carbons (Fsp3) is 0.529. The van der Waals surface area contributed by atoms with Crippen LogP contribution in [0.5, 0.6) is 0 Å². The van der Waals surface area contributed by atoms with Crippen molar-refractivity contribution in [1.82, 2.24) is 20.1 Å². The summed E-state index contributed by atoms with van der Waals surface area (Å²) < 4.78 is 7.69. The largest absolute Gasteiger partial charge is 0.379 e. The lowest BCUT2D eigenvalue weighted by molar-refractivity contribution is 0.139. The molecule has 0 spiro atoms. The maximum absolute atomic E-state index is 5.50. The van der Waals surface area contributed by atoms with Crippen LogP contribution in [0.3, 0.4) is 0 Å². The van der Waals surface area contributed by atoms with E-state index in [1.807, 2.05) is 0 Å². The van der Waals surface area contributed by atoms with Crippen LogP contribution >= 0.6 is 0 Å². The third-order valence-corrected chi connectivity index (χ3v) is 4.43. The van der Waals surface area contributed by atoms with Crippen LogP contribution in [-0.2, 0) is 24.2 Å². The Balaban J connectivity index is 1.67. The van der Waals surface area contributed by atoms with Gasteiger partial charge in [0.2, 0.25) is 0 Å². The third kappa shape index (κ3) is 3.20. The van der Waals surface area contributed by atoms with Crippen molar-refractivity contribution >= 4 is 0 Å². The minimum Gasteiger partial charge on any atom is -0.379 e. The molecule has 2 aromatic rings. The molecule has 1 atom stereocenters. The van der Waals surface area contributed by atoms with Crippen molar-refractivity contribution in [3.63, 3.8) is 0 Å². The second-order valence-corrected chi connectivity index (χ2v) is 5.99. The molecule has 5 heteroatoms. The number of aromatic nitrogens is 3. The minimum atomic E-state index is 0.286. The Bertz CT molecular complexity index is 650. The van der Waals surface area contributed by atoms with Gasteiger partial charge in [0, 0.05) is 19.0 Å². The number of fused-ring (bicyclic) bond motifs is 1. The molecule has 0 radical (unpaired) electrons. The normalized spacial score (nSPS) is 16.1. The number of hydrogen-bond acceptors (Lipinski definition) is 4. The highest BCUT2D eigenvalue weighted by Gasteiger charge is 2.15. The zero-order chi connectivity index (χ0) is 15.5. The van der Waals surface area contributed by atoms with Crippen LogP contribution in [0, 0.1) is 13.8 Å². The van der Waals surface area contributed by atoms with Crippen LogP contribution in [0.25, 0.3) is 0 Å². The number of benzene rings is 1. The van der Waals surface area contributed by atoms with E-state index in [1.165, 1.54) is 16.7 Å². The highest BCUT2D eigenvalue weighted by molar-refractivity contribution is 5.31. The smallest absolute Gasteiger partial charge is 0.147 e. The van der Waals surface area contributed by atoms with Crippen molar-refractivity contribution < 1.29 is 4.74 Å². The fourth-order valence-electron chi connectivity index (χ4n) is 2.76. The predicted octanol–water partition coefficient (Wildman–Crippen LogP) is 2.32. The highest BCUT2D eigenvalue weighted by Crippen LogP contribution is 2.17. The molecule has 3 rings (SSSR count). The van der Waals surface area contributed by atoms with Crippen molar-refractivity contribution in [2.45, 2.75) is 46.3 Å². The summed E-state index contributed by atoms with van der Waals surface area (Å²) in [4.78, 5) is 0. The van der Waals surface area contributed by atoms with E-state index < -0.39 is 0 Å². The molecule has 118 valence electrons. The Labute approximate surface area is 131 Å². The zero-order valence-electron chi connectivity index (χ0n) is 13.6. The first kappa shape index (κ1) is 15.2. The average molecular weight is 300 g/mol. The van der Waals surface area contributed by atoms with Crippen molar-refractivity contribution in [1.29, 1.82) is 0 Å². The van der Waals surface area contributed by atoms with Crippen molar-refractivity contribution in [2.75, 3.05) is 13.2 Å². The molecule has 22 heavy (non-hydrogen) atoms. The first-order valence-corrected chi connectivity index (χ1v) is 7.94. The molecule has 0 saturated heterocycles. The van der Waals surface area contributed by atoms with E-state index in [4.69, 9.17) is 4.74 Å². The SMILES string of the molecule is Cc1ccc(C(C)NCc2nnc3n2CCOCC3)cc1C. The summed E-state index contributed by atoms with van der Waals surface area (Å²) in [5.74, 6) is 2.03. The van der Waals surface area contributed by atoms with Crippen LogP contribution < -0.4 is 5.32 Å². The maximum atomic E-state index is 5.50. The zero-order valence-corrected chi connectivity index (χ0v) is 13.6. The molecule has 1 aliphatic heterocycles. The van der Waals surface area contributed by atoms with E-state index >= 15 is 0 Å². The molecular formula is C17H24N4O. The summed E-state index contributed by atoms with van der Waals surface area (Å²) in [6.45, 7) is 9.54. The number of aryl methyl sites for hydroxylation is 2. The predicted molar refractivity (Wildman–Crippen MR) is 85.7 cm³/mol. The van der Waals surface area contributed by atoms with Gasteiger partial charge in [0.25, 0.3) is 0 Å². The van der Waals surface area contributed by atoms with E-state index in [1.54, 1.807) is 0 Å². The Morgan fingerprint density at radius 2 is 2.09 bits per heavy atom. The molecular weight excluding hydrogens is 276 g/mol. The second-order valence-electron chi connectivity index (χ2n) is 5.99. The molecule has 0 bridgehead atoms. The molecule has 5 nitrogen and oxygen atoms in total. The van der Waals surface area contributed by atoms with Crippen LogP contribution in [0.15, 0.2) is 18.2 Å². The molecule has 0 fully saturated rings. The van der Waals surface area contributed by atoms with Gasteiger partial charge in [-0.2, -0.15) is 0 Å². The van der Waals surface area contributed by atoms with Crippen LogP contribution in [0.1, 0.15) is 41.3 Å². The Morgan fingerprint density at radius 3 is 2.91 bits per heavy atom. The molecule has 0 aliphatic carbocycles. The van der Waals surface area contributed by atoms with Gasteiger partial charge in [-0.25, -0.2) is 0 Å². The summed E-state index contributed by atoms with van der Waals surface area (Å²) in [6, 6.07) is 6.92. The van der Waals surface area contributed by atoms with E-state index in [-0.39, 0.29) is 6.04 Å². The quantitative estimate of drug-likeness (QED) is 0.941. The number of nitrogens with one attached hydrogen (secondary N) is 1. The van der Waals surface area contributed by atoms with Crippen molar-refractivity contribution in [3.05, 3.63) is 46.5 Å². The number of rotatable bonds is 4. The molecule has 0 saturated carbocycles. The van der Waals surface area contributed by atoms with E-state index in [0.29, 0.717) is 0 Å². The molecule has 1 aromatic heterocycles. The van der Waals surface area contributed by atoms with Gasteiger partial charge in [0.1, 0.15) is 11.6 Å². The lowest BCUT2D eigenvalue weighted by Gasteiger charge is -2.16. The Hall–Kier alpha value is -1.72. The lowest BCUT2D eigenvalue weighted by Crippen LogP contribution is -2.21. The van der Waals surface area contributed by atoms with Gasteiger partial charge in [0.15, 0.2) is 0 Å². The van der Waals surface area contributed by atoms with Crippen LogP contribution in [0.4, 0.5) is 0 Å². The molecule has 1 unspecified atom stereocenters. The molecule has 1 aromatic carbocycles. The van der Waals surface area contributed by atoms with Crippen LogP contribution in [-0.4, -0.2) is 28.0 Å². The summed E-state index contributed by atoms with van der Waals surface area (Å²) in [5, 5.41) is 12.2. The highest BCUT2D eigenvalue weighted by atomic mass is 16.5. The summed E-state index contributed by atoms with van der Waals surface area (Å²) in [7, 11) is 0. The molecule has 1 N–H and O–H groups in total. The van der Waals surface area contributed by atoms with Crippen molar-refractivity contribution in [2.24, 2.45) is 0 Å². The monoisotopic (exact) mass is 300 g/mol. The number of hydrogen-bond donors (Lipinski definition) is 1.